The quantitative estimate of drug-likeness (QED) is 0.766. The van der Waals surface area contributed by atoms with E-state index in [2.05, 4.69) is 15.8 Å². The first-order valence-electron chi connectivity index (χ1n) is 4.64. The summed E-state index contributed by atoms with van der Waals surface area (Å²) >= 11 is 5.82. The van der Waals surface area contributed by atoms with Gasteiger partial charge < -0.3 is 0 Å². The van der Waals surface area contributed by atoms with Gasteiger partial charge >= 0.3 is 0 Å². The number of halogens is 1. The lowest BCUT2D eigenvalue weighted by molar-refractivity contribution is 0.0945. The molecule has 2 N–H and O–H groups in total. The second kappa shape index (κ2) is 3.90. The van der Waals surface area contributed by atoms with E-state index in [-0.39, 0.29) is 5.91 Å². The smallest absolute Gasteiger partial charge is 0.271 e. The molecular formula is C10H10ClN3O. The van der Waals surface area contributed by atoms with Crippen LogP contribution in [0.3, 0.4) is 0 Å². The molecule has 0 atom stereocenters. The van der Waals surface area contributed by atoms with Crippen molar-refractivity contribution >= 4 is 29.0 Å². The van der Waals surface area contributed by atoms with Crippen molar-refractivity contribution in [3.8, 4) is 0 Å². The van der Waals surface area contributed by atoms with Crippen LogP contribution in [0.1, 0.15) is 23.7 Å². The normalized spacial score (nSPS) is 14.5. The van der Waals surface area contributed by atoms with E-state index >= 15 is 0 Å². The first kappa shape index (κ1) is 9.98. The number of nitrogens with zero attached hydrogens (tertiary/aromatic N) is 1. The third kappa shape index (κ3) is 1.94. The fraction of sp³-hybridized carbons (Fsp3) is 0.200. The molecule has 0 aromatic heterocycles. The molecule has 5 heteroatoms. The lowest BCUT2D eigenvalue weighted by Gasteiger charge is -2.04. The molecule has 0 fully saturated rings. The van der Waals surface area contributed by atoms with Crippen LogP contribution in [-0.2, 0) is 0 Å². The van der Waals surface area contributed by atoms with Gasteiger partial charge in [-0.2, -0.15) is 0 Å². The van der Waals surface area contributed by atoms with E-state index in [0.29, 0.717) is 16.3 Å². The third-order valence-electron chi connectivity index (χ3n) is 2.11. The summed E-state index contributed by atoms with van der Waals surface area (Å²) in [6.07, 6.45) is 0.725. The Balaban J connectivity index is 2.53. The van der Waals surface area contributed by atoms with Crippen LogP contribution in [0.4, 0.5) is 5.69 Å². The van der Waals surface area contributed by atoms with Gasteiger partial charge in [-0.05, 0) is 18.2 Å². The number of carbonyl (C=O) groups is 1. The van der Waals surface area contributed by atoms with Gasteiger partial charge in [0.1, 0.15) is 5.84 Å². The van der Waals surface area contributed by atoms with Crippen LogP contribution in [0.2, 0.25) is 5.02 Å². The number of amides is 1. The SMILES string of the molecule is CCC1=Nc2ccc(Cl)cc2C(=O)NN1. The van der Waals surface area contributed by atoms with Crippen molar-refractivity contribution in [3.63, 3.8) is 0 Å². The van der Waals surface area contributed by atoms with E-state index < -0.39 is 0 Å². The highest BCUT2D eigenvalue weighted by atomic mass is 35.5. The molecular weight excluding hydrogens is 214 g/mol. The molecule has 0 saturated heterocycles. The first-order chi connectivity index (χ1) is 7.20. The molecule has 1 aliphatic rings. The van der Waals surface area contributed by atoms with Crippen LogP contribution < -0.4 is 10.9 Å². The summed E-state index contributed by atoms with van der Waals surface area (Å²) in [5, 5.41) is 0.527. The maximum absolute atomic E-state index is 11.6. The van der Waals surface area contributed by atoms with Gasteiger partial charge in [0.25, 0.3) is 5.91 Å². The molecule has 0 radical (unpaired) electrons. The number of fused-ring (bicyclic) bond motifs is 1. The number of rotatable bonds is 1. The van der Waals surface area contributed by atoms with Crippen LogP contribution in [-0.4, -0.2) is 11.7 Å². The molecule has 1 aromatic carbocycles. The van der Waals surface area contributed by atoms with E-state index in [0.717, 1.165) is 12.3 Å². The molecule has 4 nitrogen and oxygen atoms in total. The van der Waals surface area contributed by atoms with Crippen molar-refractivity contribution in [2.45, 2.75) is 13.3 Å². The molecule has 1 aromatic rings. The minimum absolute atomic E-state index is 0.222. The van der Waals surface area contributed by atoms with Crippen LogP contribution in [0.25, 0.3) is 0 Å². The van der Waals surface area contributed by atoms with Crippen LogP contribution in [0.5, 0.6) is 0 Å². The summed E-state index contributed by atoms with van der Waals surface area (Å²) in [5.41, 5.74) is 6.43. The summed E-state index contributed by atoms with van der Waals surface area (Å²) in [5.74, 6) is 0.504. The highest BCUT2D eigenvalue weighted by Crippen LogP contribution is 2.24. The summed E-state index contributed by atoms with van der Waals surface area (Å²) in [4.78, 5) is 15.9. The predicted octanol–water partition coefficient (Wildman–Crippen LogP) is 2.03. The number of hydrazine groups is 1. The van der Waals surface area contributed by atoms with E-state index in [1.54, 1.807) is 18.2 Å². The average Bonchev–Trinajstić information content (AvgIpc) is 2.39. The van der Waals surface area contributed by atoms with Crippen molar-refractivity contribution in [2.75, 3.05) is 0 Å². The molecule has 0 unspecified atom stereocenters. The highest BCUT2D eigenvalue weighted by molar-refractivity contribution is 6.31. The molecule has 1 amide bonds. The lowest BCUT2D eigenvalue weighted by atomic mass is 10.2. The molecule has 1 aliphatic heterocycles. The topological polar surface area (TPSA) is 53.5 Å². The zero-order chi connectivity index (χ0) is 10.8. The minimum Gasteiger partial charge on any atom is -0.285 e. The molecule has 0 bridgehead atoms. The molecule has 0 saturated carbocycles. The Kier molecular flexibility index (Phi) is 2.60. The molecule has 0 spiro atoms. The standard InChI is InChI=1S/C10H10ClN3O/c1-2-9-12-8-4-3-6(11)5-7(8)10(15)14-13-9/h3-5H,2H2,1H3,(H,12,13)(H,14,15). The van der Waals surface area contributed by atoms with Gasteiger partial charge in [0.2, 0.25) is 0 Å². The number of hydrogen-bond acceptors (Lipinski definition) is 3. The van der Waals surface area contributed by atoms with Crippen LogP contribution >= 0.6 is 11.6 Å². The number of aliphatic imine (C=N–C) groups is 1. The van der Waals surface area contributed by atoms with E-state index in [1.807, 2.05) is 6.92 Å². The van der Waals surface area contributed by atoms with Crippen molar-refractivity contribution in [1.82, 2.24) is 10.9 Å². The van der Waals surface area contributed by atoms with E-state index in [1.165, 1.54) is 0 Å². The van der Waals surface area contributed by atoms with Gasteiger partial charge in [-0.1, -0.05) is 18.5 Å². The Morgan fingerprint density at radius 2 is 2.20 bits per heavy atom. The zero-order valence-corrected chi connectivity index (χ0v) is 8.93. The van der Waals surface area contributed by atoms with Gasteiger partial charge in [0.15, 0.2) is 0 Å². The minimum atomic E-state index is -0.222. The Labute approximate surface area is 92.3 Å². The second-order valence-corrected chi connectivity index (χ2v) is 3.59. The third-order valence-corrected chi connectivity index (χ3v) is 2.35. The lowest BCUT2D eigenvalue weighted by Crippen LogP contribution is -2.39. The van der Waals surface area contributed by atoms with Gasteiger partial charge in [-0.15, -0.1) is 0 Å². The first-order valence-corrected chi connectivity index (χ1v) is 5.02. The number of benzene rings is 1. The summed E-state index contributed by atoms with van der Waals surface area (Å²) in [7, 11) is 0. The second-order valence-electron chi connectivity index (χ2n) is 3.15. The Morgan fingerprint density at radius 1 is 1.40 bits per heavy atom. The van der Waals surface area contributed by atoms with Gasteiger partial charge in [0, 0.05) is 11.4 Å². The summed E-state index contributed by atoms with van der Waals surface area (Å²) < 4.78 is 0. The number of carbonyl (C=O) groups excluding carboxylic acids is 1. The maximum atomic E-state index is 11.6. The summed E-state index contributed by atoms with van der Waals surface area (Å²) in [6.45, 7) is 1.96. The van der Waals surface area contributed by atoms with Gasteiger partial charge in [0.05, 0.1) is 11.3 Å². The van der Waals surface area contributed by atoms with Crippen molar-refractivity contribution in [2.24, 2.45) is 4.99 Å². The van der Waals surface area contributed by atoms with Crippen molar-refractivity contribution in [3.05, 3.63) is 28.8 Å². The van der Waals surface area contributed by atoms with E-state index in [4.69, 9.17) is 11.6 Å². The molecule has 2 rings (SSSR count). The molecule has 1 heterocycles. The largest absolute Gasteiger partial charge is 0.285 e. The van der Waals surface area contributed by atoms with E-state index in [9.17, 15) is 4.79 Å². The zero-order valence-electron chi connectivity index (χ0n) is 8.17. The highest BCUT2D eigenvalue weighted by Gasteiger charge is 2.15. The number of nitrogens with one attached hydrogen (secondary N) is 2. The Hall–Kier alpha value is -1.55. The molecule has 15 heavy (non-hydrogen) atoms. The number of hydrogen-bond donors (Lipinski definition) is 2. The van der Waals surface area contributed by atoms with Gasteiger partial charge in [-0.3, -0.25) is 15.6 Å². The maximum Gasteiger partial charge on any atom is 0.271 e. The van der Waals surface area contributed by atoms with Crippen molar-refractivity contribution in [1.29, 1.82) is 0 Å². The Morgan fingerprint density at radius 3 is 2.93 bits per heavy atom. The fourth-order valence-corrected chi connectivity index (χ4v) is 1.50. The predicted molar refractivity (Wildman–Crippen MR) is 59.4 cm³/mol. The summed E-state index contributed by atoms with van der Waals surface area (Å²) in [6, 6.07) is 5.06. The Bertz CT molecular complexity index is 442. The molecule has 78 valence electrons. The fourth-order valence-electron chi connectivity index (χ4n) is 1.32. The monoisotopic (exact) mass is 223 g/mol. The molecule has 0 aliphatic carbocycles. The average molecular weight is 224 g/mol. The van der Waals surface area contributed by atoms with Crippen LogP contribution in [0.15, 0.2) is 23.2 Å². The van der Waals surface area contributed by atoms with Crippen LogP contribution in [0, 0.1) is 0 Å². The van der Waals surface area contributed by atoms with Gasteiger partial charge in [-0.25, -0.2) is 4.99 Å². The van der Waals surface area contributed by atoms with Crippen molar-refractivity contribution < 1.29 is 4.79 Å². The number of amidine groups is 1.